The van der Waals surface area contributed by atoms with Crippen molar-refractivity contribution in [2.24, 2.45) is 5.73 Å². The SMILES string of the molecule is NCc1cc2c(cc1OCc1c(F)cccc1F)OCO2. The minimum atomic E-state index is -0.648. The lowest BCUT2D eigenvalue weighted by Crippen LogP contribution is -2.05. The minimum absolute atomic E-state index is 0.127. The Morgan fingerprint density at radius 3 is 2.43 bits per heavy atom. The average molecular weight is 293 g/mol. The van der Waals surface area contributed by atoms with Crippen LogP contribution in [0, 0.1) is 11.6 Å². The van der Waals surface area contributed by atoms with E-state index in [0.717, 1.165) is 0 Å². The number of hydrogen-bond donors (Lipinski definition) is 1. The second-order valence-corrected chi connectivity index (χ2v) is 4.51. The molecule has 0 atom stereocenters. The van der Waals surface area contributed by atoms with Crippen LogP contribution in [0.5, 0.6) is 17.2 Å². The fourth-order valence-electron chi connectivity index (χ4n) is 2.08. The topological polar surface area (TPSA) is 53.7 Å². The van der Waals surface area contributed by atoms with Gasteiger partial charge in [-0.3, -0.25) is 0 Å². The van der Waals surface area contributed by atoms with E-state index in [1.54, 1.807) is 12.1 Å². The van der Waals surface area contributed by atoms with Crippen molar-refractivity contribution < 1.29 is 23.0 Å². The molecule has 0 aromatic heterocycles. The Hall–Kier alpha value is -2.34. The van der Waals surface area contributed by atoms with Crippen molar-refractivity contribution in [3.63, 3.8) is 0 Å². The molecule has 2 N–H and O–H groups in total. The average Bonchev–Trinajstić information content (AvgIpc) is 2.93. The van der Waals surface area contributed by atoms with Gasteiger partial charge in [-0.05, 0) is 18.2 Å². The molecule has 0 radical (unpaired) electrons. The molecule has 0 aliphatic carbocycles. The van der Waals surface area contributed by atoms with Gasteiger partial charge in [-0.25, -0.2) is 8.78 Å². The van der Waals surface area contributed by atoms with E-state index in [-0.39, 0.29) is 25.5 Å². The summed E-state index contributed by atoms with van der Waals surface area (Å²) in [5.74, 6) is 0.232. The van der Waals surface area contributed by atoms with Gasteiger partial charge in [0, 0.05) is 18.2 Å². The summed E-state index contributed by atoms with van der Waals surface area (Å²) in [6.45, 7) is 0.113. The van der Waals surface area contributed by atoms with Crippen molar-refractivity contribution >= 4 is 0 Å². The summed E-state index contributed by atoms with van der Waals surface area (Å²) in [6, 6.07) is 7.00. The molecule has 0 fully saturated rings. The van der Waals surface area contributed by atoms with E-state index >= 15 is 0 Å². The number of hydrogen-bond acceptors (Lipinski definition) is 4. The van der Waals surface area contributed by atoms with E-state index in [4.69, 9.17) is 19.9 Å². The molecule has 2 aromatic carbocycles. The van der Waals surface area contributed by atoms with Gasteiger partial charge >= 0.3 is 0 Å². The smallest absolute Gasteiger partial charge is 0.231 e. The molecular formula is C15H13F2NO3. The van der Waals surface area contributed by atoms with E-state index in [1.165, 1.54) is 18.2 Å². The highest BCUT2D eigenvalue weighted by molar-refractivity contribution is 5.51. The summed E-state index contributed by atoms with van der Waals surface area (Å²) in [4.78, 5) is 0. The van der Waals surface area contributed by atoms with Gasteiger partial charge in [0.15, 0.2) is 11.5 Å². The number of ether oxygens (including phenoxy) is 3. The summed E-state index contributed by atoms with van der Waals surface area (Å²) >= 11 is 0. The molecule has 0 bridgehead atoms. The van der Waals surface area contributed by atoms with Crippen molar-refractivity contribution in [2.45, 2.75) is 13.2 Å². The molecule has 110 valence electrons. The van der Waals surface area contributed by atoms with Crippen LogP contribution in [0.4, 0.5) is 8.78 Å². The first-order valence-electron chi connectivity index (χ1n) is 6.37. The van der Waals surface area contributed by atoms with Crippen molar-refractivity contribution in [3.8, 4) is 17.2 Å². The maximum Gasteiger partial charge on any atom is 0.231 e. The van der Waals surface area contributed by atoms with E-state index in [1.807, 2.05) is 0 Å². The van der Waals surface area contributed by atoms with Crippen LogP contribution in [0.3, 0.4) is 0 Å². The van der Waals surface area contributed by atoms with Crippen LogP contribution in [0.2, 0.25) is 0 Å². The van der Waals surface area contributed by atoms with Gasteiger partial charge in [0.1, 0.15) is 24.0 Å². The molecule has 4 nitrogen and oxygen atoms in total. The zero-order chi connectivity index (χ0) is 14.8. The molecular weight excluding hydrogens is 280 g/mol. The van der Waals surface area contributed by atoms with Crippen LogP contribution < -0.4 is 19.9 Å². The summed E-state index contributed by atoms with van der Waals surface area (Å²) in [6.07, 6.45) is 0. The lowest BCUT2D eigenvalue weighted by molar-refractivity contribution is 0.173. The van der Waals surface area contributed by atoms with Gasteiger partial charge in [-0.15, -0.1) is 0 Å². The number of nitrogens with two attached hydrogens (primary N) is 1. The van der Waals surface area contributed by atoms with Crippen LogP contribution in [-0.4, -0.2) is 6.79 Å². The van der Waals surface area contributed by atoms with Gasteiger partial charge in [-0.1, -0.05) is 6.07 Å². The molecule has 0 spiro atoms. The van der Waals surface area contributed by atoms with Crippen LogP contribution in [0.15, 0.2) is 30.3 Å². The molecule has 0 unspecified atom stereocenters. The third kappa shape index (κ3) is 2.62. The summed E-state index contributed by atoms with van der Waals surface area (Å²) in [5.41, 5.74) is 6.20. The minimum Gasteiger partial charge on any atom is -0.488 e. The van der Waals surface area contributed by atoms with Crippen molar-refractivity contribution in [3.05, 3.63) is 53.1 Å². The zero-order valence-electron chi connectivity index (χ0n) is 11.1. The predicted molar refractivity (Wildman–Crippen MR) is 71.1 cm³/mol. The second kappa shape index (κ2) is 5.57. The van der Waals surface area contributed by atoms with Gasteiger partial charge in [-0.2, -0.15) is 0 Å². The van der Waals surface area contributed by atoms with Crippen LogP contribution in [0.1, 0.15) is 11.1 Å². The summed E-state index contributed by atoms with van der Waals surface area (Å²) in [5, 5.41) is 0. The normalized spacial score (nSPS) is 12.5. The molecule has 0 saturated carbocycles. The molecule has 2 aromatic rings. The van der Waals surface area contributed by atoms with Crippen molar-refractivity contribution in [1.29, 1.82) is 0 Å². The third-order valence-corrected chi connectivity index (χ3v) is 3.21. The maximum absolute atomic E-state index is 13.6. The largest absolute Gasteiger partial charge is 0.488 e. The second-order valence-electron chi connectivity index (χ2n) is 4.51. The zero-order valence-corrected chi connectivity index (χ0v) is 11.1. The Morgan fingerprint density at radius 1 is 1.10 bits per heavy atom. The third-order valence-electron chi connectivity index (χ3n) is 3.21. The quantitative estimate of drug-likeness (QED) is 0.941. The number of benzene rings is 2. The fraction of sp³-hybridized carbons (Fsp3) is 0.200. The van der Waals surface area contributed by atoms with Crippen molar-refractivity contribution in [2.75, 3.05) is 6.79 Å². The number of halogens is 2. The van der Waals surface area contributed by atoms with E-state index in [0.29, 0.717) is 22.8 Å². The monoisotopic (exact) mass is 293 g/mol. The standard InChI is InChI=1S/C15H13F2NO3/c16-11-2-1-3-12(17)10(11)7-19-13-5-15-14(20-8-21-15)4-9(13)6-18/h1-5H,6-8,18H2. The lowest BCUT2D eigenvalue weighted by atomic mass is 10.1. The first-order chi connectivity index (χ1) is 10.2. The summed E-state index contributed by atoms with van der Waals surface area (Å²) in [7, 11) is 0. The van der Waals surface area contributed by atoms with Crippen LogP contribution in [0.25, 0.3) is 0 Å². The Kier molecular flexibility index (Phi) is 3.62. The molecule has 3 rings (SSSR count). The molecule has 1 aliphatic rings. The Balaban J connectivity index is 1.85. The van der Waals surface area contributed by atoms with Crippen LogP contribution >= 0.6 is 0 Å². The van der Waals surface area contributed by atoms with Gasteiger partial charge in [0.2, 0.25) is 6.79 Å². The van der Waals surface area contributed by atoms with E-state index in [2.05, 4.69) is 0 Å². The van der Waals surface area contributed by atoms with Gasteiger partial charge in [0.25, 0.3) is 0 Å². The first-order valence-corrected chi connectivity index (χ1v) is 6.37. The molecule has 21 heavy (non-hydrogen) atoms. The van der Waals surface area contributed by atoms with Gasteiger partial charge < -0.3 is 19.9 Å². The number of rotatable bonds is 4. The predicted octanol–water partition coefficient (Wildman–Crippen LogP) is 2.73. The maximum atomic E-state index is 13.6. The van der Waals surface area contributed by atoms with E-state index < -0.39 is 11.6 Å². The van der Waals surface area contributed by atoms with Gasteiger partial charge in [0.05, 0.1) is 5.56 Å². The highest BCUT2D eigenvalue weighted by Gasteiger charge is 2.18. The molecule has 1 heterocycles. The molecule has 6 heteroatoms. The lowest BCUT2D eigenvalue weighted by Gasteiger charge is -2.12. The van der Waals surface area contributed by atoms with E-state index in [9.17, 15) is 8.78 Å². The molecule has 1 aliphatic heterocycles. The van der Waals surface area contributed by atoms with Crippen molar-refractivity contribution in [1.82, 2.24) is 0 Å². The first kappa shape index (κ1) is 13.6. The summed E-state index contributed by atoms with van der Waals surface area (Å²) < 4.78 is 43.1. The fourth-order valence-corrected chi connectivity index (χ4v) is 2.08. The number of fused-ring (bicyclic) bond motifs is 1. The Morgan fingerprint density at radius 2 is 1.76 bits per heavy atom. The Bertz CT molecular complexity index is 656. The Labute approximate surface area is 120 Å². The molecule has 0 saturated heterocycles. The highest BCUT2D eigenvalue weighted by Crippen LogP contribution is 2.38. The highest BCUT2D eigenvalue weighted by atomic mass is 19.1. The molecule has 0 amide bonds. The van der Waals surface area contributed by atoms with Crippen LogP contribution in [-0.2, 0) is 13.2 Å².